The number of hydrogen-bond acceptors (Lipinski definition) is 13. The number of aliphatic hydroxyl groups excluding tert-OH is 8. The fourth-order valence-corrected chi connectivity index (χ4v) is 4.42. The average molecular weight is 500 g/mol. The SMILES string of the molecule is Cc1cc(=O)oc2cc([C@@]3(O[C@@H]4O[C@H](CO)[C@@H](O)[C@H](O)[C@H]4O)O[C@H](CO)[C@@H](O)[C@H](O)[C@H]3O)ccc12. The highest BCUT2D eigenvalue weighted by Gasteiger charge is 2.58. The quantitative estimate of drug-likeness (QED) is 0.187. The lowest BCUT2D eigenvalue weighted by atomic mass is 9.87. The fourth-order valence-electron chi connectivity index (χ4n) is 4.42. The van der Waals surface area contributed by atoms with Crippen LogP contribution >= 0.6 is 0 Å². The van der Waals surface area contributed by atoms with Crippen LogP contribution in [0.15, 0.2) is 33.5 Å². The van der Waals surface area contributed by atoms with Gasteiger partial charge in [0.25, 0.3) is 0 Å². The zero-order valence-electron chi connectivity index (χ0n) is 18.5. The minimum Gasteiger partial charge on any atom is -0.423 e. The molecule has 0 unspecified atom stereocenters. The molecule has 4 rings (SSSR count). The second-order valence-electron chi connectivity index (χ2n) is 8.71. The molecule has 2 aromatic rings. The van der Waals surface area contributed by atoms with Crippen LogP contribution in [0.3, 0.4) is 0 Å². The number of hydrogen-bond donors (Lipinski definition) is 8. The van der Waals surface area contributed by atoms with E-state index in [0.29, 0.717) is 10.9 Å². The summed E-state index contributed by atoms with van der Waals surface area (Å²) < 4.78 is 22.2. The van der Waals surface area contributed by atoms with Gasteiger partial charge in [0.15, 0.2) is 6.29 Å². The van der Waals surface area contributed by atoms with Gasteiger partial charge in [-0.05, 0) is 18.6 Å². The van der Waals surface area contributed by atoms with Gasteiger partial charge >= 0.3 is 5.63 Å². The summed E-state index contributed by atoms with van der Waals surface area (Å²) in [7, 11) is 0. The summed E-state index contributed by atoms with van der Waals surface area (Å²) in [6.45, 7) is 0.0990. The number of rotatable bonds is 5. The summed E-state index contributed by atoms with van der Waals surface area (Å²) >= 11 is 0. The minimum atomic E-state index is -2.45. The summed E-state index contributed by atoms with van der Waals surface area (Å²) in [5, 5.41) is 82.3. The van der Waals surface area contributed by atoms with E-state index in [1.54, 1.807) is 6.92 Å². The molecule has 3 heterocycles. The van der Waals surface area contributed by atoms with Gasteiger partial charge in [-0.1, -0.05) is 12.1 Å². The van der Waals surface area contributed by atoms with E-state index >= 15 is 0 Å². The molecule has 194 valence electrons. The zero-order chi connectivity index (χ0) is 25.7. The molecule has 0 aliphatic carbocycles. The van der Waals surface area contributed by atoms with Gasteiger partial charge in [0.1, 0.15) is 54.4 Å². The summed E-state index contributed by atoms with van der Waals surface area (Å²) in [5.74, 6) is -2.45. The molecular formula is C22H28O13. The lowest BCUT2D eigenvalue weighted by molar-refractivity contribution is -0.430. The van der Waals surface area contributed by atoms with Crippen molar-refractivity contribution in [1.82, 2.24) is 0 Å². The molecule has 13 nitrogen and oxygen atoms in total. The topological polar surface area (TPSA) is 220 Å². The molecule has 0 radical (unpaired) electrons. The van der Waals surface area contributed by atoms with Gasteiger partial charge in [0.2, 0.25) is 5.79 Å². The second-order valence-corrected chi connectivity index (χ2v) is 8.71. The summed E-state index contributed by atoms with van der Waals surface area (Å²) in [4.78, 5) is 11.9. The Bertz CT molecular complexity index is 1100. The highest BCUT2D eigenvalue weighted by Crippen LogP contribution is 2.43. The van der Waals surface area contributed by atoms with Gasteiger partial charge in [-0.15, -0.1) is 0 Å². The molecule has 2 aliphatic heterocycles. The Labute approximate surface area is 198 Å². The Morgan fingerprint density at radius 1 is 0.886 bits per heavy atom. The van der Waals surface area contributed by atoms with E-state index in [9.17, 15) is 45.6 Å². The Hall–Kier alpha value is -2.01. The number of fused-ring (bicyclic) bond motifs is 1. The third kappa shape index (κ3) is 4.39. The first kappa shape index (κ1) is 26.1. The number of aryl methyl sites for hydroxylation is 1. The highest BCUT2D eigenvalue weighted by molar-refractivity contribution is 5.80. The Kier molecular flexibility index (Phi) is 7.30. The van der Waals surface area contributed by atoms with E-state index < -0.39 is 79.7 Å². The first-order valence-corrected chi connectivity index (χ1v) is 10.9. The molecular weight excluding hydrogens is 472 g/mol. The number of ether oxygens (including phenoxy) is 3. The smallest absolute Gasteiger partial charge is 0.336 e. The molecule has 13 heteroatoms. The van der Waals surface area contributed by atoms with Crippen LogP contribution in [-0.2, 0) is 20.0 Å². The van der Waals surface area contributed by atoms with Crippen molar-refractivity contribution in [2.45, 2.75) is 67.8 Å². The van der Waals surface area contributed by atoms with E-state index in [4.69, 9.17) is 18.6 Å². The lowest BCUT2D eigenvalue weighted by Gasteiger charge is -2.51. The van der Waals surface area contributed by atoms with Crippen molar-refractivity contribution in [3.05, 3.63) is 45.8 Å². The van der Waals surface area contributed by atoms with E-state index in [2.05, 4.69) is 0 Å². The monoisotopic (exact) mass is 500 g/mol. The average Bonchev–Trinajstić information content (AvgIpc) is 2.84. The minimum absolute atomic E-state index is 0.0567. The molecule has 0 saturated carbocycles. The molecule has 0 bridgehead atoms. The van der Waals surface area contributed by atoms with Gasteiger partial charge in [0, 0.05) is 17.0 Å². The maximum Gasteiger partial charge on any atom is 0.336 e. The van der Waals surface area contributed by atoms with Crippen LogP contribution in [0.5, 0.6) is 0 Å². The fraction of sp³-hybridized carbons (Fsp3) is 0.591. The standard InChI is InChI=1S/C22H28O13/c1-8-4-14(25)32-11-5-9(2-3-10(8)11)22(20(31)18(29)16(27)13(7-24)34-22)35-21-19(30)17(28)15(26)12(6-23)33-21/h2-5,12-13,15-21,23-24,26-31H,6-7H2,1H3/t12-,13-,15-,16-,17+,18+,19-,20-,21+,22+/m1/s1. The van der Waals surface area contributed by atoms with E-state index in [0.717, 1.165) is 0 Å². The van der Waals surface area contributed by atoms with Crippen LogP contribution in [0.2, 0.25) is 0 Å². The molecule has 8 N–H and O–H groups in total. The van der Waals surface area contributed by atoms with E-state index in [1.807, 2.05) is 0 Å². The maximum atomic E-state index is 11.9. The molecule has 2 aliphatic rings. The van der Waals surface area contributed by atoms with Crippen molar-refractivity contribution in [2.24, 2.45) is 0 Å². The third-order valence-electron chi connectivity index (χ3n) is 6.44. The highest BCUT2D eigenvalue weighted by atomic mass is 16.8. The van der Waals surface area contributed by atoms with Crippen molar-refractivity contribution in [3.8, 4) is 0 Å². The first-order valence-electron chi connectivity index (χ1n) is 10.9. The molecule has 0 amide bonds. The van der Waals surface area contributed by atoms with Gasteiger partial charge in [-0.3, -0.25) is 0 Å². The molecule has 1 aromatic carbocycles. The largest absolute Gasteiger partial charge is 0.423 e. The normalized spacial score (nSPS) is 40.2. The van der Waals surface area contributed by atoms with Crippen molar-refractivity contribution >= 4 is 11.0 Å². The molecule has 1 aromatic heterocycles. The van der Waals surface area contributed by atoms with Crippen LogP contribution in [0, 0.1) is 6.92 Å². The van der Waals surface area contributed by atoms with Crippen LogP contribution in [-0.4, -0.2) is 109 Å². The van der Waals surface area contributed by atoms with E-state index in [1.165, 1.54) is 24.3 Å². The van der Waals surface area contributed by atoms with Crippen molar-refractivity contribution in [1.29, 1.82) is 0 Å². The Morgan fingerprint density at radius 2 is 1.54 bits per heavy atom. The summed E-state index contributed by atoms with van der Waals surface area (Å²) in [6.07, 6.45) is -15.8. The second kappa shape index (κ2) is 9.80. The Morgan fingerprint density at radius 3 is 2.20 bits per heavy atom. The Balaban J connectivity index is 1.85. The van der Waals surface area contributed by atoms with Crippen LogP contribution in [0.4, 0.5) is 0 Å². The zero-order valence-corrected chi connectivity index (χ0v) is 18.5. The molecule has 2 fully saturated rings. The molecule has 0 spiro atoms. The van der Waals surface area contributed by atoms with Crippen molar-refractivity contribution in [2.75, 3.05) is 13.2 Å². The summed E-state index contributed by atoms with van der Waals surface area (Å²) in [5.41, 5.74) is -0.0841. The molecule has 2 saturated heterocycles. The maximum absolute atomic E-state index is 11.9. The predicted molar refractivity (Wildman–Crippen MR) is 114 cm³/mol. The van der Waals surface area contributed by atoms with E-state index in [-0.39, 0.29) is 11.1 Å². The lowest BCUT2D eigenvalue weighted by Crippen LogP contribution is -2.67. The third-order valence-corrected chi connectivity index (χ3v) is 6.44. The van der Waals surface area contributed by atoms with Crippen molar-refractivity contribution in [3.63, 3.8) is 0 Å². The van der Waals surface area contributed by atoms with Gasteiger partial charge in [-0.25, -0.2) is 4.79 Å². The van der Waals surface area contributed by atoms with Crippen LogP contribution in [0.1, 0.15) is 11.1 Å². The summed E-state index contributed by atoms with van der Waals surface area (Å²) in [6, 6.07) is 5.47. The first-order chi connectivity index (χ1) is 16.5. The number of aliphatic hydroxyl groups is 8. The van der Waals surface area contributed by atoms with Crippen LogP contribution < -0.4 is 5.63 Å². The van der Waals surface area contributed by atoms with Crippen molar-refractivity contribution < 1.29 is 59.5 Å². The molecule has 35 heavy (non-hydrogen) atoms. The van der Waals surface area contributed by atoms with Crippen LogP contribution in [0.25, 0.3) is 11.0 Å². The number of benzene rings is 1. The van der Waals surface area contributed by atoms with Gasteiger partial charge in [-0.2, -0.15) is 0 Å². The van der Waals surface area contributed by atoms with Gasteiger partial charge in [0.05, 0.1) is 13.2 Å². The predicted octanol–water partition coefficient (Wildman–Crippen LogP) is -3.46. The van der Waals surface area contributed by atoms with Gasteiger partial charge < -0.3 is 59.5 Å². The molecule has 10 atom stereocenters.